The number of hydrogen-bond acceptors (Lipinski definition) is 4. The predicted octanol–water partition coefficient (Wildman–Crippen LogP) is 1.30. The van der Waals surface area contributed by atoms with E-state index in [1.54, 1.807) is 19.1 Å². The summed E-state index contributed by atoms with van der Waals surface area (Å²) < 4.78 is 5.03. The average molecular weight is 278 g/mol. The van der Waals surface area contributed by atoms with Gasteiger partial charge in [0, 0.05) is 7.05 Å². The number of imide groups is 1. The highest BCUT2D eigenvalue weighted by atomic mass is 16.5. The Balaban J connectivity index is 2.70. The fourth-order valence-electron chi connectivity index (χ4n) is 1.60. The van der Waals surface area contributed by atoms with Gasteiger partial charge >= 0.3 is 12.0 Å². The van der Waals surface area contributed by atoms with Crippen LogP contribution in [0.4, 0.5) is 4.79 Å². The maximum atomic E-state index is 11.9. The Morgan fingerprint density at radius 3 is 2.40 bits per heavy atom. The second kappa shape index (κ2) is 6.70. The van der Waals surface area contributed by atoms with Gasteiger partial charge in [0.1, 0.15) is 0 Å². The van der Waals surface area contributed by atoms with Crippen LogP contribution in [0.15, 0.2) is 18.2 Å². The molecule has 0 aliphatic heterocycles. The summed E-state index contributed by atoms with van der Waals surface area (Å²) in [4.78, 5) is 34.5. The van der Waals surface area contributed by atoms with Gasteiger partial charge in [-0.1, -0.05) is 17.7 Å². The number of benzene rings is 1. The number of carbonyl (C=O) groups excluding carboxylic acids is 3. The molecule has 0 saturated heterocycles. The van der Waals surface area contributed by atoms with Crippen LogP contribution in [0.1, 0.15) is 28.4 Å². The summed E-state index contributed by atoms with van der Waals surface area (Å²) in [5, 5.41) is 4.28. The molecule has 20 heavy (non-hydrogen) atoms. The van der Waals surface area contributed by atoms with E-state index in [2.05, 4.69) is 5.32 Å². The highest BCUT2D eigenvalue weighted by molar-refractivity contribution is 5.98. The van der Waals surface area contributed by atoms with Gasteiger partial charge in [0.05, 0.1) is 5.56 Å². The van der Waals surface area contributed by atoms with Crippen LogP contribution in [-0.2, 0) is 9.53 Å². The number of ether oxygens (including phenoxy) is 1. The maximum absolute atomic E-state index is 11.9. The Hall–Kier alpha value is -2.37. The molecule has 1 rings (SSSR count). The summed E-state index contributed by atoms with van der Waals surface area (Å²) in [7, 11) is 1.38. The molecular formula is C14H18N2O4. The van der Waals surface area contributed by atoms with Crippen molar-refractivity contribution in [2.24, 2.45) is 0 Å². The van der Waals surface area contributed by atoms with Gasteiger partial charge in [0.15, 0.2) is 6.10 Å². The summed E-state index contributed by atoms with van der Waals surface area (Å²) >= 11 is 0. The smallest absolute Gasteiger partial charge is 0.339 e. The normalized spacial score (nSPS) is 11.4. The number of nitrogens with one attached hydrogen (secondary N) is 2. The lowest BCUT2D eigenvalue weighted by Gasteiger charge is -2.13. The van der Waals surface area contributed by atoms with Gasteiger partial charge in [-0.15, -0.1) is 0 Å². The molecule has 1 atom stereocenters. The van der Waals surface area contributed by atoms with E-state index < -0.39 is 24.0 Å². The lowest BCUT2D eigenvalue weighted by atomic mass is 10.1. The van der Waals surface area contributed by atoms with Crippen LogP contribution in [0, 0.1) is 13.8 Å². The van der Waals surface area contributed by atoms with Gasteiger partial charge in [0.2, 0.25) is 0 Å². The number of amides is 3. The third-order valence-electron chi connectivity index (χ3n) is 2.72. The topological polar surface area (TPSA) is 84.5 Å². The Kier molecular flexibility index (Phi) is 5.25. The van der Waals surface area contributed by atoms with Crippen LogP contribution in [0.3, 0.4) is 0 Å². The van der Waals surface area contributed by atoms with Crippen molar-refractivity contribution >= 4 is 17.9 Å². The molecule has 6 nitrogen and oxygen atoms in total. The minimum Gasteiger partial charge on any atom is -0.449 e. The van der Waals surface area contributed by atoms with Crippen LogP contribution >= 0.6 is 0 Å². The van der Waals surface area contributed by atoms with Crippen molar-refractivity contribution in [1.82, 2.24) is 10.6 Å². The van der Waals surface area contributed by atoms with E-state index >= 15 is 0 Å². The summed E-state index contributed by atoms with van der Waals surface area (Å²) in [6, 6.07) is 4.64. The van der Waals surface area contributed by atoms with E-state index in [0.717, 1.165) is 11.1 Å². The number of urea groups is 1. The molecule has 0 aliphatic carbocycles. The monoisotopic (exact) mass is 278 g/mol. The standard InChI is InChI=1S/C14H18N2O4/c1-8-5-6-11(9(2)7-8)13(18)20-10(3)12(17)16-14(19)15-4/h5-7,10H,1-4H3,(H2,15,16,17,19). The molecule has 108 valence electrons. The molecule has 0 saturated carbocycles. The van der Waals surface area contributed by atoms with Gasteiger partial charge in [0.25, 0.3) is 5.91 Å². The number of hydrogen-bond donors (Lipinski definition) is 2. The largest absolute Gasteiger partial charge is 0.449 e. The minimum atomic E-state index is -1.06. The van der Waals surface area contributed by atoms with E-state index in [9.17, 15) is 14.4 Å². The molecule has 0 bridgehead atoms. The van der Waals surface area contributed by atoms with Crippen molar-refractivity contribution in [1.29, 1.82) is 0 Å². The molecular weight excluding hydrogens is 260 g/mol. The zero-order chi connectivity index (χ0) is 15.3. The van der Waals surface area contributed by atoms with Gasteiger partial charge in [-0.05, 0) is 32.4 Å². The zero-order valence-electron chi connectivity index (χ0n) is 11.9. The maximum Gasteiger partial charge on any atom is 0.339 e. The lowest BCUT2D eigenvalue weighted by Crippen LogP contribution is -2.43. The van der Waals surface area contributed by atoms with Gasteiger partial charge in [-0.2, -0.15) is 0 Å². The Morgan fingerprint density at radius 1 is 1.20 bits per heavy atom. The first-order valence-electron chi connectivity index (χ1n) is 6.16. The number of aryl methyl sites for hydroxylation is 2. The first kappa shape index (κ1) is 15.7. The Labute approximate surface area is 117 Å². The second-order valence-electron chi connectivity index (χ2n) is 4.43. The molecule has 0 fully saturated rings. The van der Waals surface area contributed by atoms with Crippen molar-refractivity contribution in [2.45, 2.75) is 26.9 Å². The van der Waals surface area contributed by atoms with E-state index in [-0.39, 0.29) is 0 Å². The van der Waals surface area contributed by atoms with Crippen LogP contribution in [-0.4, -0.2) is 31.1 Å². The molecule has 1 unspecified atom stereocenters. The van der Waals surface area contributed by atoms with E-state index in [0.29, 0.717) is 5.56 Å². The molecule has 0 aromatic heterocycles. The van der Waals surface area contributed by atoms with Crippen LogP contribution in [0.25, 0.3) is 0 Å². The van der Waals surface area contributed by atoms with E-state index in [1.807, 2.05) is 18.3 Å². The molecule has 1 aromatic rings. The minimum absolute atomic E-state index is 0.398. The molecule has 0 heterocycles. The Morgan fingerprint density at radius 2 is 1.85 bits per heavy atom. The van der Waals surface area contributed by atoms with Gasteiger partial charge < -0.3 is 10.1 Å². The summed E-state index contributed by atoms with van der Waals surface area (Å²) in [6.07, 6.45) is -1.06. The fraction of sp³-hybridized carbons (Fsp3) is 0.357. The van der Waals surface area contributed by atoms with Crippen LogP contribution in [0.5, 0.6) is 0 Å². The van der Waals surface area contributed by atoms with Crippen molar-refractivity contribution in [3.8, 4) is 0 Å². The number of carbonyl (C=O) groups is 3. The van der Waals surface area contributed by atoms with E-state index in [1.165, 1.54) is 14.0 Å². The quantitative estimate of drug-likeness (QED) is 0.816. The van der Waals surface area contributed by atoms with Crippen molar-refractivity contribution in [3.63, 3.8) is 0 Å². The molecule has 6 heteroatoms. The van der Waals surface area contributed by atoms with Crippen molar-refractivity contribution in [2.75, 3.05) is 7.05 Å². The van der Waals surface area contributed by atoms with Crippen molar-refractivity contribution in [3.05, 3.63) is 34.9 Å². The lowest BCUT2D eigenvalue weighted by molar-refractivity contribution is -0.127. The summed E-state index contributed by atoms with van der Waals surface area (Å²) in [6.45, 7) is 5.11. The van der Waals surface area contributed by atoms with Gasteiger partial charge in [-0.3, -0.25) is 10.1 Å². The molecule has 0 spiro atoms. The summed E-state index contributed by atoms with van der Waals surface area (Å²) in [5.74, 6) is -1.27. The summed E-state index contributed by atoms with van der Waals surface area (Å²) in [5.41, 5.74) is 2.20. The SMILES string of the molecule is CNC(=O)NC(=O)C(C)OC(=O)c1ccc(C)cc1C. The highest BCUT2D eigenvalue weighted by Gasteiger charge is 2.21. The average Bonchev–Trinajstić information content (AvgIpc) is 2.37. The van der Waals surface area contributed by atoms with Crippen LogP contribution < -0.4 is 10.6 Å². The fourth-order valence-corrected chi connectivity index (χ4v) is 1.60. The first-order valence-corrected chi connectivity index (χ1v) is 6.16. The number of esters is 1. The Bertz CT molecular complexity index is 540. The third kappa shape index (κ3) is 4.08. The second-order valence-corrected chi connectivity index (χ2v) is 4.43. The van der Waals surface area contributed by atoms with Crippen molar-refractivity contribution < 1.29 is 19.1 Å². The van der Waals surface area contributed by atoms with Gasteiger partial charge in [-0.25, -0.2) is 9.59 Å². The third-order valence-corrected chi connectivity index (χ3v) is 2.72. The molecule has 3 amide bonds. The molecule has 0 aliphatic rings. The highest BCUT2D eigenvalue weighted by Crippen LogP contribution is 2.12. The predicted molar refractivity (Wildman–Crippen MR) is 73.4 cm³/mol. The zero-order valence-corrected chi connectivity index (χ0v) is 11.9. The molecule has 2 N–H and O–H groups in total. The first-order chi connectivity index (χ1) is 9.35. The van der Waals surface area contributed by atoms with E-state index in [4.69, 9.17) is 4.74 Å². The van der Waals surface area contributed by atoms with Crippen LogP contribution in [0.2, 0.25) is 0 Å². The molecule has 1 aromatic carbocycles. The molecule has 0 radical (unpaired) electrons. The number of rotatable bonds is 3.